The number of tetrazole rings is 1. The van der Waals surface area contributed by atoms with Crippen molar-refractivity contribution in [3.63, 3.8) is 0 Å². The Hall–Kier alpha value is -1.11. The molecule has 0 aromatic carbocycles. The highest BCUT2D eigenvalue weighted by Crippen LogP contribution is 2.35. The lowest BCUT2D eigenvalue weighted by atomic mass is 9.89. The topological polar surface area (TPSA) is 80.9 Å². The average molecular weight is 228 g/mol. The standard InChI is InChI=1S/C8H12N4O2S/c13-7(14)5-8(1-3-15-4-2-8)12-6-9-10-11-12/h6H,1-5H2,(H,13,14). The Morgan fingerprint density at radius 2 is 2.27 bits per heavy atom. The molecule has 82 valence electrons. The number of thioether (sulfide) groups is 1. The second-order valence-electron chi connectivity index (χ2n) is 3.66. The molecule has 0 aliphatic carbocycles. The predicted octanol–water partition coefficient (Wildman–Crippen LogP) is 0.370. The molecule has 0 bridgehead atoms. The van der Waals surface area contributed by atoms with Gasteiger partial charge in [0.15, 0.2) is 0 Å². The molecular weight excluding hydrogens is 216 g/mol. The minimum Gasteiger partial charge on any atom is -0.481 e. The molecule has 0 radical (unpaired) electrons. The van der Waals surface area contributed by atoms with E-state index in [1.165, 1.54) is 6.33 Å². The molecule has 0 saturated carbocycles. The maximum atomic E-state index is 10.9. The van der Waals surface area contributed by atoms with Crippen LogP contribution in [0, 0.1) is 0 Å². The van der Waals surface area contributed by atoms with E-state index in [-0.39, 0.29) is 6.42 Å². The van der Waals surface area contributed by atoms with Crippen molar-refractivity contribution >= 4 is 17.7 Å². The minimum absolute atomic E-state index is 0.0958. The summed E-state index contributed by atoms with van der Waals surface area (Å²) in [5.41, 5.74) is -0.416. The fourth-order valence-electron chi connectivity index (χ4n) is 1.90. The first-order chi connectivity index (χ1) is 7.23. The molecule has 1 aliphatic rings. The Morgan fingerprint density at radius 1 is 1.53 bits per heavy atom. The lowest BCUT2D eigenvalue weighted by Gasteiger charge is -2.34. The lowest BCUT2D eigenvalue weighted by molar-refractivity contribution is -0.139. The summed E-state index contributed by atoms with van der Waals surface area (Å²) in [4.78, 5) is 10.9. The van der Waals surface area contributed by atoms with Gasteiger partial charge in [-0.15, -0.1) is 5.10 Å². The first-order valence-corrected chi connectivity index (χ1v) is 5.91. The van der Waals surface area contributed by atoms with Crippen molar-refractivity contribution in [1.29, 1.82) is 0 Å². The zero-order valence-corrected chi connectivity index (χ0v) is 8.98. The largest absolute Gasteiger partial charge is 0.481 e. The average Bonchev–Trinajstić information content (AvgIpc) is 2.71. The van der Waals surface area contributed by atoms with Gasteiger partial charge < -0.3 is 5.11 Å². The summed E-state index contributed by atoms with van der Waals surface area (Å²) in [6.07, 6.45) is 3.24. The molecule has 1 aliphatic heterocycles. The van der Waals surface area contributed by atoms with Crippen molar-refractivity contribution < 1.29 is 9.90 Å². The predicted molar refractivity (Wildman–Crippen MR) is 54.6 cm³/mol. The van der Waals surface area contributed by atoms with Crippen molar-refractivity contribution in [2.75, 3.05) is 11.5 Å². The maximum Gasteiger partial charge on any atom is 0.305 e. The number of hydrogen-bond donors (Lipinski definition) is 1. The van der Waals surface area contributed by atoms with Crippen molar-refractivity contribution in [1.82, 2.24) is 20.2 Å². The van der Waals surface area contributed by atoms with Gasteiger partial charge in [-0.25, -0.2) is 4.68 Å². The van der Waals surface area contributed by atoms with Gasteiger partial charge in [-0.05, 0) is 34.8 Å². The van der Waals surface area contributed by atoms with E-state index in [1.54, 1.807) is 4.68 Å². The Morgan fingerprint density at radius 3 is 2.80 bits per heavy atom. The van der Waals surface area contributed by atoms with Gasteiger partial charge in [-0.3, -0.25) is 4.79 Å². The highest BCUT2D eigenvalue weighted by molar-refractivity contribution is 7.99. The van der Waals surface area contributed by atoms with Gasteiger partial charge in [0, 0.05) is 0 Å². The zero-order chi connectivity index (χ0) is 10.7. The summed E-state index contributed by atoms with van der Waals surface area (Å²) >= 11 is 1.85. The van der Waals surface area contributed by atoms with Crippen LogP contribution >= 0.6 is 11.8 Å². The summed E-state index contributed by atoms with van der Waals surface area (Å²) in [5.74, 6) is 1.14. The molecule has 2 heterocycles. The fourth-order valence-corrected chi connectivity index (χ4v) is 3.15. The van der Waals surface area contributed by atoms with Crippen LogP contribution in [0.4, 0.5) is 0 Å². The van der Waals surface area contributed by atoms with Crippen LogP contribution in [0.3, 0.4) is 0 Å². The normalized spacial score (nSPS) is 20.0. The van der Waals surface area contributed by atoms with Crippen LogP contribution in [-0.4, -0.2) is 42.8 Å². The molecule has 1 aromatic rings. The molecule has 7 heteroatoms. The van der Waals surface area contributed by atoms with Crippen LogP contribution in [0.25, 0.3) is 0 Å². The van der Waals surface area contributed by atoms with Gasteiger partial charge in [0.25, 0.3) is 0 Å². The second-order valence-corrected chi connectivity index (χ2v) is 4.89. The zero-order valence-electron chi connectivity index (χ0n) is 8.17. The van der Waals surface area contributed by atoms with Crippen molar-refractivity contribution in [2.24, 2.45) is 0 Å². The van der Waals surface area contributed by atoms with E-state index < -0.39 is 11.5 Å². The highest BCUT2D eigenvalue weighted by Gasteiger charge is 2.37. The van der Waals surface area contributed by atoms with Crippen LogP contribution in [0.1, 0.15) is 19.3 Å². The van der Waals surface area contributed by atoms with Gasteiger partial charge in [-0.1, -0.05) is 0 Å². The SMILES string of the molecule is O=C(O)CC1(n2cnnn2)CCSCC1. The van der Waals surface area contributed by atoms with Gasteiger partial charge >= 0.3 is 5.97 Å². The lowest BCUT2D eigenvalue weighted by Crippen LogP contribution is -2.40. The van der Waals surface area contributed by atoms with Crippen LogP contribution < -0.4 is 0 Å². The molecular formula is C8H12N4O2S. The molecule has 0 amide bonds. The number of rotatable bonds is 3. The summed E-state index contributed by atoms with van der Waals surface area (Å²) in [6.45, 7) is 0. The third-order valence-corrected chi connectivity index (χ3v) is 3.72. The number of nitrogens with zero attached hydrogens (tertiary/aromatic N) is 4. The molecule has 2 rings (SSSR count). The Labute approximate surface area is 91.0 Å². The Balaban J connectivity index is 2.25. The quantitative estimate of drug-likeness (QED) is 0.805. The third-order valence-electron chi connectivity index (χ3n) is 2.74. The minimum atomic E-state index is -0.794. The van der Waals surface area contributed by atoms with Gasteiger partial charge in [-0.2, -0.15) is 11.8 Å². The summed E-state index contributed by atoms with van der Waals surface area (Å²) in [5, 5.41) is 20.0. The Bertz CT molecular complexity index is 334. The molecule has 0 unspecified atom stereocenters. The van der Waals surface area contributed by atoms with Gasteiger partial charge in [0.1, 0.15) is 6.33 Å². The Kier molecular flexibility index (Phi) is 2.90. The first kappa shape index (κ1) is 10.4. The number of aromatic nitrogens is 4. The number of hydrogen-bond acceptors (Lipinski definition) is 5. The molecule has 1 fully saturated rings. The fraction of sp³-hybridized carbons (Fsp3) is 0.750. The van der Waals surface area contributed by atoms with E-state index in [4.69, 9.17) is 5.11 Å². The van der Waals surface area contributed by atoms with Crippen LogP contribution in [0.2, 0.25) is 0 Å². The van der Waals surface area contributed by atoms with E-state index >= 15 is 0 Å². The van der Waals surface area contributed by atoms with E-state index in [0.29, 0.717) is 0 Å². The van der Waals surface area contributed by atoms with Gasteiger partial charge in [0.05, 0.1) is 12.0 Å². The molecule has 1 N–H and O–H groups in total. The number of carboxylic acid groups (broad SMARTS) is 1. The summed E-state index contributed by atoms with van der Waals surface area (Å²) < 4.78 is 1.61. The second kappa shape index (κ2) is 4.18. The number of carbonyl (C=O) groups is 1. The molecule has 15 heavy (non-hydrogen) atoms. The molecule has 1 aromatic heterocycles. The number of aliphatic carboxylic acids is 1. The molecule has 0 spiro atoms. The maximum absolute atomic E-state index is 10.9. The smallest absolute Gasteiger partial charge is 0.305 e. The first-order valence-electron chi connectivity index (χ1n) is 4.76. The van der Waals surface area contributed by atoms with E-state index in [2.05, 4.69) is 15.5 Å². The highest BCUT2D eigenvalue weighted by atomic mass is 32.2. The summed E-state index contributed by atoms with van der Waals surface area (Å²) in [6, 6.07) is 0. The summed E-state index contributed by atoms with van der Waals surface area (Å²) in [7, 11) is 0. The third kappa shape index (κ3) is 2.11. The van der Waals surface area contributed by atoms with Gasteiger partial charge in [0.2, 0.25) is 0 Å². The monoisotopic (exact) mass is 228 g/mol. The van der Waals surface area contributed by atoms with Crippen LogP contribution in [0.5, 0.6) is 0 Å². The van der Waals surface area contributed by atoms with Crippen molar-refractivity contribution in [2.45, 2.75) is 24.8 Å². The van der Waals surface area contributed by atoms with E-state index in [9.17, 15) is 4.79 Å². The number of carboxylic acids is 1. The molecule has 0 atom stereocenters. The van der Waals surface area contributed by atoms with Crippen molar-refractivity contribution in [3.05, 3.63) is 6.33 Å². The van der Waals surface area contributed by atoms with E-state index in [0.717, 1.165) is 24.3 Å². The van der Waals surface area contributed by atoms with Crippen molar-refractivity contribution in [3.8, 4) is 0 Å². The molecule has 1 saturated heterocycles. The van der Waals surface area contributed by atoms with Crippen LogP contribution in [0.15, 0.2) is 6.33 Å². The van der Waals surface area contributed by atoms with Crippen LogP contribution in [-0.2, 0) is 10.3 Å². The molecule has 6 nitrogen and oxygen atoms in total. The van der Waals surface area contributed by atoms with E-state index in [1.807, 2.05) is 11.8 Å².